The van der Waals surface area contributed by atoms with E-state index in [0.29, 0.717) is 31.5 Å². The molecular formula is C19H20N2O3S. The number of carbonyl (C=O) groups excluding carboxylic acids is 3. The molecule has 0 saturated carbocycles. The number of nitrogens with zero attached hydrogens (tertiary/aromatic N) is 2. The molecule has 25 heavy (non-hydrogen) atoms. The van der Waals surface area contributed by atoms with Gasteiger partial charge in [-0.15, -0.1) is 11.3 Å². The summed E-state index contributed by atoms with van der Waals surface area (Å²) in [6.45, 7) is 3.48. The Balaban J connectivity index is 1.67. The monoisotopic (exact) mass is 356 g/mol. The zero-order valence-electron chi connectivity index (χ0n) is 14.1. The Morgan fingerprint density at radius 1 is 1.12 bits per heavy atom. The van der Waals surface area contributed by atoms with Gasteiger partial charge in [0.2, 0.25) is 11.8 Å². The number of thiophene rings is 1. The predicted octanol–water partition coefficient (Wildman–Crippen LogP) is 3.06. The molecule has 2 aromatic rings. The van der Waals surface area contributed by atoms with Crippen molar-refractivity contribution in [2.45, 2.75) is 32.9 Å². The van der Waals surface area contributed by atoms with E-state index in [2.05, 4.69) is 0 Å². The lowest BCUT2D eigenvalue weighted by atomic mass is 10.1. The molecule has 130 valence electrons. The highest BCUT2D eigenvalue weighted by Crippen LogP contribution is 2.18. The van der Waals surface area contributed by atoms with Crippen molar-refractivity contribution in [3.63, 3.8) is 0 Å². The zero-order chi connectivity index (χ0) is 17.8. The van der Waals surface area contributed by atoms with E-state index in [4.69, 9.17) is 0 Å². The molecule has 3 rings (SSSR count). The molecule has 0 N–H and O–H groups in total. The van der Waals surface area contributed by atoms with E-state index >= 15 is 0 Å². The molecule has 0 spiro atoms. The average Bonchev–Trinajstić information content (AvgIpc) is 3.25. The number of likely N-dealkylation sites (tertiary alicyclic amines) is 1. The van der Waals surface area contributed by atoms with Gasteiger partial charge in [0.25, 0.3) is 5.91 Å². The number of hydrogen-bond donors (Lipinski definition) is 0. The predicted molar refractivity (Wildman–Crippen MR) is 96.0 cm³/mol. The van der Waals surface area contributed by atoms with Gasteiger partial charge in [0.1, 0.15) is 0 Å². The maximum atomic E-state index is 12.7. The second-order valence-corrected chi connectivity index (χ2v) is 7.00. The van der Waals surface area contributed by atoms with Crippen LogP contribution in [-0.4, -0.2) is 34.1 Å². The van der Waals surface area contributed by atoms with Crippen molar-refractivity contribution in [3.05, 3.63) is 57.8 Å². The van der Waals surface area contributed by atoms with Crippen molar-refractivity contribution in [2.75, 3.05) is 6.54 Å². The third-order valence-electron chi connectivity index (χ3n) is 4.29. The van der Waals surface area contributed by atoms with E-state index < -0.39 is 0 Å². The topological polar surface area (TPSA) is 57.7 Å². The van der Waals surface area contributed by atoms with Gasteiger partial charge in [0, 0.05) is 29.8 Å². The summed E-state index contributed by atoms with van der Waals surface area (Å²) in [6.07, 6.45) is 0.590. The quantitative estimate of drug-likeness (QED) is 0.748. The van der Waals surface area contributed by atoms with Gasteiger partial charge in [0.15, 0.2) is 0 Å². The first-order chi connectivity index (χ1) is 12.1. The summed E-state index contributed by atoms with van der Waals surface area (Å²) >= 11 is 1.64. The summed E-state index contributed by atoms with van der Waals surface area (Å²) in [5.74, 6) is -0.271. The van der Waals surface area contributed by atoms with Crippen molar-refractivity contribution in [2.24, 2.45) is 0 Å². The molecular weight excluding hydrogens is 336 g/mol. The number of hydrogen-bond acceptors (Lipinski definition) is 4. The number of carbonyl (C=O) groups is 3. The lowest BCUT2D eigenvalue weighted by molar-refractivity contribution is -0.139. The third-order valence-corrected chi connectivity index (χ3v) is 5.15. The summed E-state index contributed by atoms with van der Waals surface area (Å²) in [4.78, 5) is 40.3. The van der Waals surface area contributed by atoms with Crippen LogP contribution in [0.4, 0.5) is 0 Å². The van der Waals surface area contributed by atoms with Crippen LogP contribution in [0.2, 0.25) is 0 Å². The molecule has 0 atom stereocenters. The Morgan fingerprint density at radius 2 is 1.80 bits per heavy atom. The first-order valence-corrected chi connectivity index (χ1v) is 9.20. The van der Waals surface area contributed by atoms with Gasteiger partial charge in [-0.05, 0) is 36.1 Å². The zero-order valence-corrected chi connectivity index (χ0v) is 14.9. The molecule has 1 aromatic heterocycles. The molecule has 3 amide bonds. The molecule has 0 unspecified atom stereocenters. The van der Waals surface area contributed by atoms with Crippen molar-refractivity contribution in [1.82, 2.24) is 9.80 Å². The normalized spacial score (nSPS) is 14.2. The molecule has 0 bridgehead atoms. The van der Waals surface area contributed by atoms with E-state index in [1.165, 1.54) is 4.90 Å². The van der Waals surface area contributed by atoms with E-state index in [-0.39, 0.29) is 24.3 Å². The standard InChI is InChI=1S/C19H20N2O3S/c1-2-20(13-16-4-3-11-25-16)19(24)15-7-5-14(6-8-15)12-21-17(22)9-10-18(21)23/h3-8,11H,2,9-10,12-13H2,1H3. The minimum atomic E-state index is -0.127. The Hall–Kier alpha value is -2.47. The Kier molecular flexibility index (Phi) is 5.28. The van der Waals surface area contributed by atoms with Crippen LogP contribution in [0, 0.1) is 0 Å². The van der Waals surface area contributed by atoms with Gasteiger partial charge in [-0.1, -0.05) is 18.2 Å². The van der Waals surface area contributed by atoms with Crippen LogP contribution in [0.1, 0.15) is 40.6 Å². The molecule has 1 fully saturated rings. The number of benzene rings is 1. The SMILES string of the molecule is CCN(Cc1cccs1)C(=O)c1ccc(CN2C(=O)CCC2=O)cc1. The second-order valence-electron chi connectivity index (χ2n) is 5.97. The first-order valence-electron chi connectivity index (χ1n) is 8.32. The van der Waals surface area contributed by atoms with Gasteiger partial charge < -0.3 is 4.90 Å². The lowest BCUT2D eigenvalue weighted by Crippen LogP contribution is -2.30. The summed E-state index contributed by atoms with van der Waals surface area (Å²) in [5, 5.41) is 2.00. The molecule has 0 aliphatic carbocycles. The van der Waals surface area contributed by atoms with Crippen molar-refractivity contribution >= 4 is 29.1 Å². The fourth-order valence-electron chi connectivity index (χ4n) is 2.83. The molecule has 5 nitrogen and oxygen atoms in total. The largest absolute Gasteiger partial charge is 0.334 e. The van der Waals surface area contributed by atoms with Crippen molar-refractivity contribution < 1.29 is 14.4 Å². The number of rotatable bonds is 6. The average molecular weight is 356 g/mol. The van der Waals surface area contributed by atoms with Gasteiger partial charge in [-0.2, -0.15) is 0 Å². The van der Waals surface area contributed by atoms with Gasteiger partial charge in [-0.25, -0.2) is 0 Å². The smallest absolute Gasteiger partial charge is 0.254 e. The molecule has 1 saturated heterocycles. The Bertz CT molecular complexity index is 752. The Labute approximate surface area is 150 Å². The Morgan fingerprint density at radius 3 is 2.36 bits per heavy atom. The van der Waals surface area contributed by atoms with Crippen LogP contribution >= 0.6 is 11.3 Å². The van der Waals surface area contributed by atoms with Crippen molar-refractivity contribution in [3.8, 4) is 0 Å². The summed E-state index contributed by atoms with van der Waals surface area (Å²) in [6, 6.07) is 11.2. The van der Waals surface area contributed by atoms with Crippen LogP contribution < -0.4 is 0 Å². The minimum Gasteiger partial charge on any atom is -0.334 e. The van der Waals surface area contributed by atoms with Crippen LogP contribution in [0.25, 0.3) is 0 Å². The highest BCUT2D eigenvalue weighted by atomic mass is 32.1. The lowest BCUT2D eigenvalue weighted by Gasteiger charge is -2.20. The van der Waals surface area contributed by atoms with E-state index in [9.17, 15) is 14.4 Å². The minimum absolute atomic E-state index is 0.0178. The third kappa shape index (κ3) is 3.96. The maximum absolute atomic E-state index is 12.7. The van der Waals surface area contributed by atoms with Gasteiger partial charge in [0.05, 0.1) is 13.1 Å². The highest BCUT2D eigenvalue weighted by Gasteiger charge is 2.28. The molecule has 0 radical (unpaired) electrons. The van der Waals surface area contributed by atoms with Crippen LogP contribution in [0.5, 0.6) is 0 Å². The van der Waals surface area contributed by atoms with E-state index in [0.717, 1.165) is 10.4 Å². The number of imide groups is 1. The van der Waals surface area contributed by atoms with Crippen LogP contribution in [0.3, 0.4) is 0 Å². The highest BCUT2D eigenvalue weighted by molar-refractivity contribution is 7.09. The van der Waals surface area contributed by atoms with Crippen LogP contribution in [0.15, 0.2) is 41.8 Å². The fourth-order valence-corrected chi connectivity index (χ4v) is 3.55. The summed E-state index contributed by atoms with van der Waals surface area (Å²) in [7, 11) is 0. The van der Waals surface area contributed by atoms with E-state index in [1.807, 2.05) is 36.6 Å². The molecule has 1 aliphatic heterocycles. The molecule has 1 aliphatic rings. The maximum Gasteiger partial charge on any atom is 0.254 e. The molecule has 2 heterocycles. The van der Waals surface area contributed by atoms with Gasteiger partial charge >= 0.3 is 0 Å². The first kappa shape index (κ1) is 17.4. The fraction of sp³-hybridized carbons (Fsp3) is 0.316. The summed E-state index contributed by atoms with van der Waals surface area (Å²) in [5.41, 5.74) is 1.46. The van der Waals surface area contributed by atoms with Crippen LogP contribution in [-0.2, 0) is 22.7 Å². The summed E-state index contributed by atoms with van der Waals surface area (Å²) < 4.78 is 0. The second kappa shape index (κ2) is 7.61. The number of amides is 3. The van der Waals surface area contributed by atoms with E-state index in [1.54, 1.807) is 28.4 Å². The van der Waals surface area contributed by atoms with Crippen molar-refractivity contribution in [1.29, 1.82) is 0 Å². The van der Waals surface area contributed by atoms with Gasteiger partial charge in [-0.3, -0.25) is 19.3 Å². The molecule has 6 heteroatoms. The molecule has 1 aromatic carbocycles.